The van der Waals surface area contributed by atoms with Crippen LogP contribution in [0, 0.1) is 0 Å². The van der Waals surface area contributed by atoms with Crippen molar-refractivity contribution in [2.24, 2.45) is 0 Å². The van der Waals surface area contributed by atoms with E-state index in [1.54, 1.807) is 0 Å². The summed E-state index contributed by atoms with van der Waals surface area (Å²) in [6.45, 7) is 3.33. The number of ether oxygens (including phenoxy) is 2. The first kappa shape index (κ1) is 46.7. The molecule has 0 rings (SSSR count). The van der Waals surface area contributed by atoms with Gasteiger partial charge in [0.1, 0.15) is 6.61 Å². The van der Waals surface area contributed by atoms with Gasteiger partial charge >= 0.3 is 19.8 Å². The van der Waals surface area contributed by atoms with Crippen molar-refractivity contribution < 1.29 is 37.9 Å². The molecule has 8 nitrogen and oxygen atoms in total. The molecule has 0 aromatic carbocycles. The summed E-state index contributed by atoms with van der Waals surface area (Å²) in [5.74, 6) is -1.02. The molecule has 0 bridgehead atoms. The van der Waals surface area contributed by atoms with Crippen LogP contribution in [0.25, 0.3) is 0 Å². The van der Waals surface area contributed by atoms with Gasteiger partial charge in [0, 0.05) is 12.8 Å². The summed E-state index contributed by atoms with van der Waals surface area (Å²) in [6.07, 6.45) is 49.6. The Labute approximate surface area is 302 Å². The molecular formula is C41H63O8P. The van der Waals surface area contributed by atoms with Crippen molar-refractivity contribution in [2.75, 3.05) is 13.2 Å². The number of rotatable bonds is 31. The number of unbranched alkanes of at least 4 members (excludes halogenated alkanes) is 3. The van der Waals surface area contributed by atoms with Crippen LogP contribution in [0.15, 0.2) is 109 Å². The van der Waals surface area contributed by atoms with Crippen LogP contribution < -0.4 is 0 Å². The number of hydrogen-bond donors (Lipinski definition) is 2. The second kappa shape index (κ2) is 35.5. The van der Waals surface area contributed by atoms with Crippen LogP contribution in [0.4, 0.5) is 0 Å². The van der Waals surface area contributed by atoms with E-state index in [0.29, 0.717) is 19.3 Å². The number of hydrogen-bond acceptors (Lipinski definition) is 6. The van der Waals surface area contributed by atoms with Crippen molar-refractivity contribution in [1.29, 1.82) is 0 Å². The maximum Gasteiger partial charge on any atom is 0.469 e. The molecule has 0 amide bonds. The SMILES string of the molecule is CC/C=C\C/C=C\C/C=C\C/C=C\C/C=C\CCCC(=O)OC[C@H](COP(=O)(O)O)OC(=O)CCCC/C=C\C/C=C\C/C=C\C/C=C\CC. The monoisotopic (exact) mass is 714 g/mol. The van der Waals surface area contributed by atoms with Gasteiger partial charge in [0.25, 0.3) is 0 Å². The molecule has 0 aliphatic rings. The highest BCUT2D eigenvalue weighted by molar-refractivity contribution is 7.46. The van der Waals surface area contributed by atoms with E-state index in [1.807, 2.05) is 6.08 Å². The normalized spacial score (nSPS) is 13.8. The van der Waals surface area contributed by atoms with Crippen molar-refractivity contribution in [3.05, 3.63) is 109 Å². The van der Waals surface area contributed by atoms with E-state index in [0.717, 1.165) is 70.6 Å². The molecule has 0 unspecified atom stereocenters. The van der Waals surface area contributed by atoms with Gasteiger partial charge in [0.2, 0.25) is 0 Å². The number of allylic oxidation sites excluding steroid dienone is 18. The zero-order valence-electron chi connectivity index (χ0n) is 30.5. The third-order valence-electron chi connectivity index (χ3n) is 6.79. The summed E-state index contributed by atoms with van der Waals surface area (Å²) in [6, 6.07) is 0. The maximum absolute atomic E-state index is 12.3. The van der Waals surface area contributed by atoms with Gasteiger partial charge in [-0.3, -0.25) is 14.1 Å². The van der Waals surface area contributed by atoms with Gasteiger partial charge in [-0.1, -0.05) is 123 Å². The Kier molecular flexibility index (Phi) is 33.2. The third kappa shape index (κ3) is 37.5. The van der Waals surface area contributed by atoms with Crippen LogP contribution in [0.3, 0.4) is 0 Å². The quantitative estimate of drug-likeness (QED) is 0.0315. The van der Waals surface area contributed by atoms with E-state index in [-0.39, 0.29) is 19.4 Å². The van der Waals surface area contributed by atoms with Crippen molar-refractivity contribution in [2.45, 2.75) is 123 Å². The molecule has 2 N–H and O–H groups in total. The molecule has 1 atom stereocenters. The lowest BCUT2D eigenvalue weighted by atomic mass is 10.2. The highest BCUT2D eigenvalue weighted by atomic mass is 31.2. The maximum atomic E-state index is 12.3. The molecule has 280 valence electrons. The smallest absolute Gasteiger partial charge is 0.462 e. The van der Waals surface area contributed by atoms with Gasteiger partial charge in [-0.25, -0.2) is 4.57 Å². The van der Waals surface area contributed by atoms with E-state index in [9.17, 15) is 14.2 Å². The van der Waals surface area contributed by atoms with Crippen LogP contribution in [0.5, 0.6) is 0 Å². The van der Waals surface area contributed by atoms with Crippen LogP contribution >= 0.6 is 7.82 Å². The summed E-state index contributed by atoms with van der Waals surface area (Å²) < 4.78 is 26.2. The van der Waals surface area contributed by atoms with Crippen LogP contribution in [-0.2, 0) is 28.2 Å². The summed E-state index contributed by atoms with van der Waals surface area (Å²) in [7, 11) is -4.78. The average Bonchev–Trinajstić information content (AvgIpc) is 3.08. The first-order chi connectivity index (χ1) is 24.3. The van der Waals surface area contributed by atoms with Crippen LogP contribution in [0.2, 0.25) is 0 Å². The Morgan fingerprint density at radius 1 is 0.520 bits per heavy atom. The number of carbonyl (C=O) groups is 2. The summed E-state index contributed by atoms with van der Waals surface area (Å²) in [5.41, 5.74) is 0. The second-order valence-corrected chi connectivity index (χ2v) is 12.7. The first-order valence-electron chi connectivity index (χ1n) is 18.2. The Balaban J connectivity index is 4.19. The van der Waals surface area contributed by atoms with Crippen LogP contribution in [-0.4, -0.2) is 41.0 Å². The van der Waals surface area contributed by atoms with Crippen molar-refractivity contribution in [3.63, 3.8) is 0 Å². The molecule has 0 aromatic heterocycles. The van der Waals surface area contributed by atoms with Crippen molar-refractivity contribution in [3.8, 4) is 0 Å². The molecule has 0 radical (unpaired) electrons. The third-order valence-corrected chi connectivity index (χ3v) is 7.27. The molecule has 0 fully saturated rings. The fourth-order valence-electron chi connectivity index (χ4n) is 4.16. The van der Waals surface area contributed by atoms with E-state index in [1.165, 1.54) is 0 Å². The summed E-state index contributed by atoms with van der Waals surface area (Å²) >= 11 is 0. The van der Waals surface area contributed by atoms with Crippen LogP contribution in [0.1, 0.15) is 117 Å². The lowest BCUT2D eigenvalue weighted by Crippen LogP contribution is -2.29. The molecule has 0 aliphatic carbocycles. The highest BCUT2D eigenvalue weighted by Crippen LogP contribution is 2.35. The second-order valence-electron chi connectivity index (χ2n) is 11.4. The molecule has 0 aromatic rings. The summed E-state index contributed by atoms with van der Waals surface area (Å²) in [5, 5.41) is 0. The lowest BCUT2D eigenvalue weighted by Gasteiger charge is -2.18. The Bertz CT molecular complexity index is 1170. The number of esters is 2. The molecule has 0 saturated carbocycles. The topological polar surface area (TPSA) is 119 Å². The van der Waals surface area contributed by atoms with E-state index in [4.69, 9.17) is 19.3 Å². The minimum Gasteiger partial charge on any atom is -0.462 e. The first-order valence-corrected chi connectivity index (χ1v) is 19.7. The fraction of sp³-hybridized carbons (Fsp3) is 0.512. The van der Waals surface area contributed by atoms with Gasteiger partial charge in [-0.2, -0.15) is 0 Å². The summed E-state index contributed by atoms with van der Waals surface area (Å²) in [4.78, 5) is 42.6. The molecule has 0 heterocycles. The van der Waals surface area contributed by atoms with E-state index >= 15 is 0 Å². The Morgan fingerprint density at radius 3 is 1.32 bits per heavy atom. The molecule has 50 heavy (non-hydrogen) atoms. The van der Waals surface area contributed by atoms with Crippen molar-refractivity contribution >= 4 is 19.8 Å². The number of carbonyl (C=O) groups excluding carboxylic acids is 2. The van der Waals surface area contributed by atoms with Crippen molar-refractivity contribution in [1.82, 2.24) is 0 Å². The molecule has 9 heteroatoms. The zero-order valence-corrected chi connectivity index (χ0v) is 31.4. The minimum absolute atomic E-state index is 0.140. The van der Waals surface area contributed by atoms with Gasteiger partial charge in [0.15, 0.2) is 6.10 Å². The highest BCUT2D eigenvalue weighted by Gasteiger charge is 2.22. The van der Waals surface area contributed by atoms with Gasteiger partial charge in [0.05, 0.1) is 6.61 Å². The molecule has 0 aliphatic heterocycles. The predicted octanol–water partition coefficient (Wildman–Crippen LogP) is 10.8. The number of phosphoric ester groups is 1. The number of phosphoric acid groups is 1. The standard InChI is InChI=1S/C41H63O8P/c1-3-5-7-9-11-13-15-17-19-20-22-23-25-27-29-31-33-35-40(42)47-37-39(38-48-50(44,45)46)49-41(43)36-34-32-30-28-26-24-21-18-16-14-12-10-8-6-4-2/h5-8,11-14,17-19,21-23,26-29,39H,3-4,9-10,15-16,20,24-25,30-38H2,1-2H3,(H2,44,45,46)/b7-5-,8-6-,13-11-,14-12-,19-17-,21-18-,23-22-,28-26-,29-27-/t39-/m1/s1. The Morgan fingerprint density at radius 2 is 0.900 bits per heavy atom. The molecule has 0 saturated heterocycles. The zero-order chi connectivity index (χ0) is 36.8. The lowest BCUT2D eigenvalue weighted by molar-refractivity contribution is -0.161. The molecular weight excluding hydrogens is 651 g/mol. The van der Waals surface area contributed by atoms with E-state index in [2.05, 4.69) is 122 Å². The Hall–Kier alpha value is -3.29. The van der Waals surface area contributed by atoms with Gasteiger partial charge in [-0.15, -0.1) is 0 Å². The van der Waals surface area contributed by atoms with Gasteiger partial charge in [-0.05, 0) is 89.9 Å². The minimum atomic E-state index is -4.78. The largest absolute Gasteiger partial charge is 0.469 e. The molecule has 0 spiro atoms. The van der Waals surface area contributed by atoms with Gasteiger partial charge < -0.3 is 19.3 Å². The predicted molar refractivity (Wildman–Crippen MR) is 206 cm³/mol. The van der Waals surface area contributed by atoms with E-state index < -0.39 is 32.5 Å². The average molecular weight is 715 g/mol. The fourth-order valence-corrected chi connectivity index (χ4v) is 4.52.